The van der Waals surface area contributed by atoms with Gasteiger partial charge in [-0.15, -0.1) is 0 Å². The number of aromatic amines is 1. The number of halogens is 1. The number of sulfonamides is 1. The number of benzene rings is 3. The second-order valence-corrected chi connectivity index (χ2v) is 11.0. The van der Waals surface area contributed by atoms with Crippen LogP contribution in [0.25, 0.3) is 11.3 Å². The van der Waals surface area contributed by atoms with Crippen molar-refractivity contribution >= 4 is 37.5 Å². The highest BCUT2D eigenvalue weighted by Gasteiger charge is 2.42. The topological polar surface area (TPSA) is 152 Å². The minimum atomic E-state index is -3.81. The number of carbonyl (C=O) groups excluding carboxylic acids is 1. The SMILES string of the molecule is NS(=O)(=O)c1ccc(CCN2C(=O)c3[nH]nc(-c4ccc(Br)cc4)c3C2c2cccc([N+](=O)[O-])c2)cc1. The Hall–Kier alpha value is -3.87. The first-order valence-electron chi connectivity index (χ1n) is 11.1. The number of fused-ring (bicyclic) bond motifs is 1. The molecule has 0 saturated carbocycles. The molecule has 1 amide bonds. The molecule has 1 aromatic heterocycles. The van der Waals surface area contributed by atoms with Gasteiger partial charge in [-0.1, -0.05) is 52.3 Å². The summed E-state index contributed by atoms with van der Waals surface area (Å²) in [5.41, 5.74) is 3.68. The maximum absolute atomic E-state index is 13.5. The third-order valence-corrected chi connectivity index (χ3v) is 7.73. The minimum absolute atomic E-state index is 0.00293. The zero-order valence-electron chi connectivity index (χ0n) is 19.2. The van der Waals surface area contributed by atoms with Gasteiger partial charge in [0.2, 0.25) is 10.0 Å². The number of nitrogens with one attached hydrogen (secondary N) is 1. The fraction of sp³-hybridized carbons (Fsp3) is 0.120. The molecule has 4 aromatic rings. The maximum atomic E-state index is 13.5. The number of carbonyl (C=O) groups is 1. The Morgan fingerprint density at radius 1 is 1.08 bits per heavy atom. The van der Waals surface area contributed by atoms with Gasteiger partial charge in [0.1, 0.15) is 5.69 Å². The van der Waals surface area contributed by atoms with Gasteiger partial charge in [0.15, 0.2) is 0 Å². The van der Waals surface area contributed by atoms with E-state index in [1.807, 2.05) is 24.3 Å². The van der Waals surface area contributed by atoms with Crippen molar-refractivity contribution in [3.63, 3.8) is 0 Å². The minimum Gasteiger partial charge on any atom is -0.326 e. The summed E-state index contributed by atoms with van der Waals surface area (Å²) in [7, 11) is -3.81. The van der Waals surface area contributed by atoms with Crippen molar-refractivity contribution in [3.05, 3.63) is 110 Å². The zero-order valence-corrected chi connectivity index (χ0v) is 21.6. The Morgan fingerprint density at radius 3 is 2.43 bits per heavy atom. The Morgan fingerprint density at radius 2 is 1.78 bits per heavy atom. The summed E-state index contributed by atoms with van der Waals surface area (Å²) in [4.78, 5) is 26.2. The number of non-ortho nitro benzene ring substituents is 1. The quantitative estimate of drug-likeness (QED) is 0.246. The molecule has 3 aromatic carbocycles. The summed E-state index contributed by atoms with van der Waals surface area (Å²) in [6, 6.07) is 19.3. The molecule has 1 aliphatic rings. The second kappa shape index (κ2) is 9.54. The number of nitrogens with zero attached hydrogens (tertiary/aromatic N) is 3. The number of rotatable bonds is 7. The normalized spacial score (nSPS) is 15.1. The number of nitro groups is 1. The molecule has 0 fully saturated rings. The van der Waals surface area contributed by atoms with Crippen LogP contribution in [0.15, 0.2) is 82.2 Å². The van der Waals surface area contributed by atoms with Crippen LogP contribution in [0.2, 0.25) is 0 Å². The van der Waals surface area contributed by atoms with Crippen LogP contribution in [0.4, 0.5) is 5.69 Å². The van der Waals surface area contributed by atoms with Gasteiger partial charge < -0.3 is 4.90 Å². The van der Waals surface area contributed by atoms with Crippen molar-refractivity contribution in [2.75, 3.05) is 6.54 Å². The second-order valence-electron chi connectivity index (χ2n) is 8.56. The van der Waals surface area contributed by atoms with E-state index in [0.29, 0.717) is 28.9 Å². The Kier molecular flexibility index (Phi) is 6.40. The molecule has 37 heavy (non-hydrogen) atoms. The van der Waals surface area contributed by atoms with Crippen LogP contribution in [-0.2, 0) is 16.4 Å². The smallest absolute Gasteiger partial charge is 0.273 e. The molecule has 2 heterocycles. The van der Waals surface area contributed by atoms with Crippen molar-refractivity contribution < 1.29 is 18.1 Å². The third-order valence-electron chi connectivity index (χ3n) is 6.27. The van der Waals surface area contributed by atoms with Gasteiger partial charge in [-0.3, -0.25) is 20.0 Å². The predicted octanol–water partition coefficient (Wildman–Crippen LogP) is 4.18. The van der Waals surface area contributed by atoms with Crippen LogP contribution < -0.4 is 5.14 Å². The van der Waals surface area contributed by atoms with Gasteiger partial charge in [-0.05, 0) is 41.8 Å². The number of primary sulfonamides is 1. The van der Waals surface area contributed by atoms with Gasteiger partial charge in [-0.2, -0.15) is 5.10 Å². The Balaban J connectivity index is 1.54. The van der Waals surface area contributed by atoms with Crippen molar-refractivity contribution in [2.24, 2.45) is 5.14 Å². The molecule has 0 aliphatic carbocycles. The van der Waals surface area contributed by atoms with Gasteiger partial charge >= 0.3 is 0 Å². The molecule has 1 unspecified atom stereocenters. The highest BCUT2D eigenvalue weighted by atomic mass is 79.9. The molecule has 0 radical (unpaired) electrons. The van der Waals surface area contributed by atoms with Crippen LogP contribution in [0.1, 0.15) is 33.2 Å². The number of hydrogen-bond donors (Lipinski definition) is 2. The van der Waals surface area contributed by atoms with Gasteiger partial charge in [-0.25, -0.2) is 13.6 Å². The lowest BCUT2D eigenvalue weighted by Crippen LogP contribution is -2.31. The molecule has 1 atom stereocenters. The summed E-state index contributed by atoms with van der Waals surface area (Å²) in [5, 5.41) is 24.0. The van der Waals surface area contributed by atoms with E-state index < -0.39 is 21.0 Å². The van der Waals surface area contributed by atoms with Crippen molar-refractivity contribution in [1.82, 2.24) is 15.1 Å². The molecule has 3 N–H and O–H groups in total. The van der Waals surface area contributed by atoms with E-state index >= 15 is 0 Å². The molecular weight excluding hydrogens is 562 g/mol. The lowest BCUT2D eigenvalue weighted by Gasteiger charge is -2.26. The van der Waals surface area contributed by atoms with Crippen molar-refractivity contribution in [2.45, 2.75) is 17.4 Å². The first kappa shape index (κ1) is 24.8. The molecule has 5 rings (SSSR count). The number of amides is 1. The van der Waals surface area contributed by atoms with Gasteiger partial charge in [0.25, 0.3) is 11.6 Å². The monoisotopic (exact) mass is 581 g/mol. The number of aromatic nitrogens is 2. The maximum Gasteiger partial charge on any atom is 0.273 e. The third kappa shape index (κ3) is 4.78. The lowest BCUT2D eigenvalue weighted by atomic mass is 9.95. The summed E-state index contributed by atoms with van der Waals surface area (Å²) in [6.45, 7) is 0.281. The van der Waals surface area contributed by atoms with E-state index in [-0.39, 0.29) is 23.0 Å². The van der Waals surface area contributed by atoms with E-state index in [2.05, 4.69) is 26.1 Å². The number of H-pyrrole nitrogens is 1. The highest BCUT2D eigenvalue weighted by Crippen LogP contribution is 2.43. The van der Waals surface area contributed by atoms with E-state index in [4.69, 9.17) is 5.14 Å². The number of hydrogen-bond acceptors (Lipinski definition) is 6. The number of nitrogens with two attached hydrogens (primary N) is 1. The molecule has 0 saturated heterocycles. The fourth-order valence-corrected chi connectivity index (χ4v) is 5.29. The first-order valence-corrected chi connectivity index (χ1v) is 13.5. The fourth-order valence-electron chi connectivity index (χ4n) is 4.51. The molecule has 0 spiro atoms. The van der Waals surface area contributed by atoms with Crippen LogP contribution in [0.5, 0.6) is 0 Å². The first-order chi connectivity index (χ1) is 17.6. The van der Waals surface area contributed by atoms with Crippen molar-refractivity contribution in [1.29, 1.82) is 0 Å². The van der Waals surface area contributed by atoms with Crippen LogP contribution in [0.3, 0.4) is 0 Å². The highest BCUT2D eigenvalue weighted by molar-refractivity contribution is 9.10. The summed E-state index contributed by atoms with van der Waals surface area (Å²) in [6.07, 6.45) is 0.424. The van der Waals surface area contributed by atoms with Crippen LogP contribution >= 0.6 is 15.9 Å². The van der Waals surface area contributed by atoms with Crippen molar-refractivity contribution in [3.8, 4) is 11.3 Å². The molecule has 12 heteroatoms. The van der Waals surface area contributed by atoms with E-state index in [9.17, 15) is 23.3 Å². The predicted molar refractivity (Wildman–Crippen MR) is 139 cm³/mol. The van der Waals surface area contributed by atoms with Gasteiger partial charge in [0, 0.05) is 34.3 Å². The molecule has 1 aliphatic heterocycles. The largest absolute Gasteiger partial charge is 0.326 e. The number of nitro benzene ring substituents is 1. The zero-order chi connectivity index (χ0) is 26.3. The van der Waals surface area contributed by atoms with Gasteiger partial charge in [0.05, 0.1) is 21.6 Å². The average molecular weight is 582 g/mol. The standard InChI is InChI=1S/C25H20BrN5O5S/c26-18-8-6-16(7-9-18)22-21-23(29-28-22)25(32)30(24(21)17-2-1-3-19(14-17)31(33)34)13-12-15-4-10-20(11-5-15)37(27,35)36/h1-11,14,24H,12-13H2,(H,28,29)(H2,27,35,36). The summed E-state index contributed by atoms with van der Waals surface area (Å²) < 4.78 is 24.0. The van der Waals surface area contributed by atoms with Crippen LogP contribution in [-0.4, -0.2) is 40.9 Å². The molecule has 10 nitrogen and oxygen atoms in total. The Labute approximate surface area is 220 Å². The summed E-state index contributed by atoms with van der Waals surface area (Å²) in [5.74, 6) is -0.275. The molecule has 188 valence electrons. The van der Waals surface area contributed by atoms with Crippen LogP contribution in [0, 0.1) is 10.1 Å². The molecule has 0 bridgehead atoms. The van der Waals surface area contributed by atoms with E-state index in [1.54, 1.807) is 29.2 Å². The van der Waals surface area contributed by atoms with E-state index in [1.165, 1.54) is 24.3 Å². The average Bonchev–Trinajstić information content (AvgIpc) is 3.42. The molecular formula is C25H20BrN5O5S. The Bertz CT molecular complexity index is 1620. The van der Waals surface area contributed by atoms with E-state index in [0.717, 1.165) is 15.6 Å². The lowest BCUT2D eigenvalue weighted by molar-refractivity contribution is -0.384. The summed E-state index contributed by atoms with van der Waals surface area (Å²) >= 11 is 3.42.